The van der Waals surface area contributed by atoms with E-state index in [1.165, 1.54) is 28.0 Å². The Hall–Kier alpha value is -9.49. The van der Waals surface area contributed by atoms with E-state index in [2.05, 4.69) is 116 Å². The molecular weight excluding hydrogens is 1410 g/mol. The highest BCUT2D eigenvalue weighted by atomic mass is 15.5. The SMILES string of the molecule is C.C.C.C.C.C.C.C.C.CC.CC.CC.CC.CC.CC.CC.CC.CC1=N[N+](C)=CC1.Cc1ccn(C)c1.Cc1ccn(C)c1.Cc1ccn(C)n1.Cc1cn(C)cn1.Cc1cn(C)cn1.Cc1cnn(C)c1.Cc1cnn(C)c1.Cc1nc(C)n(C)n1.Cc1nc(C)n(C)n1.Cc1nn(C)nc1C.Cc1nnn(C)c1C. The standard InChI is InChI=1S/2C6H9N.4C5H9N3.4C5H8N2.C5H9N2.C5H8N2.8C2H6.9CH4/c2*1-6-3-4-7(2)5-6;2*1-4-6-5(2)8(3)7-4;1-4-5(2)8(3)7-6-4;1-4-5(2)7-8(3)6-4;2*1-5-3-7(2)4-6-5;2*1-5-3-6-7(2)4-5;2*1-5-3-4-7(2)6-5;8*1-2;;;;;;;;;/h2*3-5H,1-2H3;4*1-3H3;4*3-4H,1-2H3;4H,3H2,1-2H3;3-4H,1-2H3;8*1-2H3;9*1H4/q;;;;;;;;;;+1;;;;;;;;;;;;;;;;;;. The summed E-state index contributed by atoms with van der Waals surface area (Å²) in [5.74, 6) is 3.60. The third kappa shape index (κ3) is 83.3. The van der Waals surface area contributed by atoms with E-state index in [9.17, 15) is 0 Å². The van der Waals surface area contributed by atoms with Gasteiger partial charge < -0.3 is 18.3 Å². The quantitative estimate of drug-likeness (QED) is 0.129. The van der Waals surface area contributed by atoms with Crippen LogP contribution in [-0.2, 0) is 77.5 Å². The summed E-state index contributed by atoms with van der Waals surface area (Å²) in [5.41, 5.74) is 13.6. The summed E-state index contributed by atoms with van der Waals surface area (Å²) in [5, 5.41) is 39.7. The van der Waals surface area contributed by atoms with Crippen molar-refractivity contribution >= 4 is 11.9 Å². The van der Waals surface area contributed by atoms with E-state index in [4.69, 9.17) is 0 Å². The number of nitrogens with zero attached hydrogens (tertiary/aromatic N) is 26. The van der Waals surface area contributed by atoms with Gasteiger partial charge in [-0.3, -0.25) is 28.1 Å². The number of aryl methyl sites for hydroxylation is 25. The molecule has 12 heterocycles. The van der Waals surface area contributed by atoms with Crippen molar-refractivity contribution in [3.8, 4) is 0 Å². The van der Waals surface area contributed by atoms with E-state index < -0.39 is 0 Å². The van der Waals surface area contributed by atoms with Gasteiger partial charge in [0.05, 0.1) is 77.0 Å². The van der Waals surface area contributed by atoms with Gasteiger partial charge in [0.15, 0.2) is 13.3 Å². The van der Waals surface area contributed by atoms with Crippen molar-refractivity contribution in [2.75, 3.05) is 7.05 Å². The zero-order valence-electron chi connectivity index (χ0n) is 74.1. The topological polar surface area (TPSA) is 237 Å². The molecule has 11 aromatic rings. The summed E-state index contributed by atoms with van der Waals surface area (Å²) >= 11 is 0. The van der Waals surface area contributed by atoms with Gasteiger partial charge in [0.2, 0.25) is 0 Å². The van der Waals surface area contributed by atoms with Gasteiger partial charge in [0.1, 0.15) is 23.3 Å². The molecule has 26 heteroatoms. The van der Waals surface area contributed by atoms with Crippen LogP contribution in [0.4, 0.5) is 0 Å². The van der Waals surface area contributed by atoms with Gasteiger partial charge in [-0.25, -0.2) is 19.9 Å². The summed E-state index contributed by atoms with van der Waals surface area (Å²) in [4.78, 5) is 17.7. The van der Waals surface area contributed by atoms with Gasteiger partial charge >= 0.3 is 0 Å². The highest BCUT2D eigenvalue weighted by Gasteiger charge is 2.04. The van der Waals surface area contributed by atoms with E-state index in [1.54, 1.807) is 45.5 Å². The van der Waals surface area contributed by atoms with Crippen LogP contribution in [-0.4, -0.2) is 141 Å². The van der Waals surface area contributed by atoms with Gasteiger partial charge in [-0.05, 0) is 156 Å². The van der Waals surface area contributed by atoms with Crippen LogP contribution in [0.15, 0.2) is 104 Å². The van der Waals surface area contributed by atoms with Crippen LogP contribution in [0.25, 0.3) is 0 Å². The minimum absolute atomic E-state index is 0. The van der Waals surface area contributed by atoms with Crippen molar-refractivity contribution in [1.82, 2.24) is 117 Å². The predicted octanol–water partition coefficient (Wildman–Crippen LogP) is 22.5. The van der Waals surface area contributed by atoms with Crippen molar-refractivity contribution in [2.24, 2.45) is 82.6 Å². The molecule has 0 fully saturated rings. The van der Waals surface area contributed by atoms with Gasteiger partial charge in [-0.15, -0.1) is 5.10 Å². The molecule has 26 nitrogen and oxygen atoms in total. The second kappa shape index (κ2) is 93.1. The van der Waals surface area contributed by atoms with Crippen molar-refractivity contribution in [3.05, 3.63) is 184 Å². The molecule has 0 aromatic carbocycles. The Morgan fingerprint density at radius 2 is 0.673 bits per heavy atom. The van der Waals surface area contributed by atoms with Crippen LogP contribution in [0.2, 0.25) is 0 Å². The molecule has 0 amide bonds. The first-order valence-corrected chi connectivity index (χ1v) is 36.5. The average molecular weight is 1600 g/mol. The maximum Gasteiger partial charge on any atom is 0.178 e. The van der Waals surface area contributed by atoms with E-state index in [0.29, 0.717) is 0 Å². The molecule has 113 heavy (non-hydrogen) atoms. The summed E-state index contributed by atoms with van der Waals surface area (Å²) < 4.78 is 20.4. The van der Waals surface area contributed by atoms with Crippen LogP contribution < -0.4 is 0 Å². The summed E-state index contributed by atoms with van der Waals surface area (Å²) in [6.45, 7) is 63.6. The van der Waals surface area contributed by atoms with Crippen molar-refractivity contribution in [1.29, 1.82) is 0 Å². The molecule has 0 saturated carbocycles. The molecular formula is C87H187N26+. The van der Waals surface area contributed by atoms with Gasteiger partial charge in [0.25, 0.3) is 0 Å². The van der Waals surface area contributed by atoms with Gasteiger partial charge in [-0.2, -0.15) is 40.5 Å². The van der Waals surface area contributed by atoms with Crippen molar-refractivity contribution in [2.45, 2.75) is 295 Å². The monoisotopic (exact) mass is 1600 g/mol. The largest absolute Gasteiger partial charge is 0.357 e. The van der Waals surface area contributed by atoms with E-state index >= 15 is 0 Å². The maximum atomic E-state index is 4.08. The number of hydrazone groups is 1. The lowest BCUT2D eigenvalue weighted by Gasteiger charge is -1.87. The molecule has 12 rings (SSSR count). The third-order valence-corrected chi connectivity index (χ3v) is 11.7. The number of hydrogen-bond acceptors (Lipinski definition) is 14. The lowest BCUT2D eigenvalue weighted by molar-refractivity contribution is -0.494. The Labute approximate surface area is 699 Å². The molecule has 0 atom stereocenters. The lowest BCUT2D eigenvalue weighted by Crippen LogP contribution is -1.92. The Balaban J connectivity index is -0.0000000579. The third-order valence-electron chi connectivity index (χ3n) is 11.7. The Morgan fingerprint density at radius 3 is 0.743 bits per heavy atom. The van der Waals surface area contributed by atoms with Crippen molar-refractivity contribution < 1.29 is 4.68 Å². The zero-order chi connectivity index (χ0) is 82.8. The second-order valence-corrected chi connectivity index (χ2v) is 21.3. The van der Waals surface area contributed by atoms with E-state index in [-0.39, 0.29) is 66.8 Å². The van der Waals surface area contributed by atoms with Crippen LogP contribution in [0.1, 0.15) is 276 Å². The molecule has 0 radical (unpaired) electrons. The fourth-order valence-electron chi connectivity index (χ4n) is 6.95. The molecule has 0 unspecified atom stereocenters. The minimum Gasteiger partial charge on any atom is -0.357 e. The predicted molar refractivity (Wildman–Crippen MR) is 503 cm³/mol. The van der Waals surface area contributed by atoms with Crippen LogP contribution >= 0.6 is 0 Å². The molecule has 664 valence electrons. The zero-order valence-corrected chi connectivity index (χ0v) is 74.1. The Bertz CT molecular complexity index is 3020. The second-order valence-electron chi connectivity index (χ2n) is 21.3. The maximum absolute atomic E-state index is 4.08. The fraction of sp³-hybridized carbons (Fsp3) is 0.621. The normalized spacial score (nSPS) is 8.50. The first kappa shape index (κ1) is 145. The average Bonchev–Trinajstić information content (AvgIpc) is 1.78. The summed E-state index contributed by atoms with van der Waals surface area (Å²) in [6, 6.07) is 6.14. The lowest BCUT2D eigenvalue weighted by atomic mass is 10.3. The smallest absolute Gasteiger partial charge is 0.178 e. The highest BCUT2D eigenvalue weighted by Crippen LogP contribution is 1.99. The molecule has 0 spiro atoms. The van der Waals surface area contributed by atoms with Gasteiger partial charge in [-0.1, -0.05) is 188 Å². The van der Waals surface area contributed by atoms with Crippen LogP contribution in [0.5, 0.6) is 0 Å². The Kier molecular flexibility index (Phi) is 120. The first-order valence-electron chi connectivity index (χ1n) is 36.5. The Morgan fingerprint density at radius 1 is 0.336 bits per heavy atom. The molecule has 1 aliphatic rings. The molecule has 1 aliphatic heterocycles. The van der Waals surface area contributed by atoms with Crippen molar-refractivity contribution in [3.63, 3.8) is 0 Å². The van der Waals surface area contributed by atoms with E-state index in [0.717, 1.165) is 69.6 Å². The molecule has 0 aliphatic carbocycles. The fourth-order valence-corrected chi connectivity index (χ4v) is 6.95. The number of imidazole rings is 2. The molecule has 11 aromatic heterocycles. The molecule has 0 N–H and O–H groups in total. The van der Waals surface area contributed by atoms with Gasteiger partial charge in [0, 0.05) is 133 Å². The minimum atomic E-state index is 0. The number of aromatic nitrogens is 24. The molecule has 0 bridgehead atoms. The number of hydrogen-bond donors (Lipinski definition) is 0. The highest BCUT2D eigenvalue weighted by molar-refractivity contribution is 5.93. The van der Waals surface area contributed by atoms with Crippen LogP contribution in [0.3, 0.4) is 0 Å². The van der Waals surface area contributed by atoms with Crippen LogP contribution in [0, 0.1) is 104 Å². The first-order chi connectivity index (χ1) is 49.1. The van der Waals surface area contributed by atoms with E-state index in [1.807, 2.05) is 377 Å². The number of rotatable bonds is 0. The molecule has 0 saturated heterocycles. The summed E-state index contributed by atoms with van der Waals surface area (Å²) in [6.07, 6.45) is 28.4. The summed E-state index contributed by atoms with van der Waals surface area (Å²) in [7, 11) is 23.1.